The highest BCUT2D eigenvalue weighted by Crippen LogP contribution is 2.18. The number of unbranched alkanes of at least 4 members (excludes halogenated alkanes) is 2. The quantitative estimate of drug-likeness (QED) is 0.185. The molecule has 25 heavy (non-hydrogen) atoms. The van der Waals surface area contributed by atoms with Crippen LogP contribution >= 0.6 is 11.8 Å². The van der Waals surface area contributed by atoms with Crippen LogP contribution in [-0.2, 0) is 14.4 Å². The monoisotopic (exact) mass is 374 g/mol. The summed E-state index contributed by atoms with van der Waals surface area (Å²) in [4.78, 5) is 35.4. The van der Waals surface area contributed by atoms with E-state index in [1.165, 1.54) is 11.8 Å². The highest BCUT2D eigenvalue weighted by molar-refractivity contribution is 8.00. The second kappa shape index (κ2) is 17.3. The maximum absolute atomic E-state index is 12.3. The van der Waals surface area contributed by atoms with Crippen LogP contribution in [0.4, 0.5) is 0 Å². The Balaban J connectivity index is 0. The lowest BCUT2D eigenvalue weighted by molar-refractivity contribution is -0.130. The van der Waals surface area contributed by atoms with Gasteiger partial charge in [-0.3, -0.25) is 15.0 Å². The molecule has 0 aromatic heterocycles. The third-order valence-corrected chi connectivity index (χ3v) is 4.61. The Bertz CT molecular complexity index is 405. The maximum atomic E-state index is 12.3. The first-order chi connectivity index (χ1) is 11.9. The molecular formula is C17H34N4O3S. The molecule has 0 aliphatic rings. The topological polar surface area (TPSA) is 130 Å². The first-order valence-electron chi connectivity index (χ1n) is 8.80. The standard InChI is InChI=1S/C15H28N4O3S.C2H6/c1-19(9-4-2-3-7-14(18)21)15(22)12(8-10-20)23-11-5-6-13(16)17;1-2/h10,12H,2-9,11H2,1H3,(H3,16,17)(H2,18,21);1-2H3. The summed E-state index contributed by atoms with van der Waals surface area (Å²) in [6.45, 7) is 4.60. The molecule has 0 aromatic carbocycles. The van der Waals surface area contributed by atoms with Crippen molar-refractivity contribution < 1.29 is 14.4 Å². The molecular weight excluding hydrogens is 340 g/mol. The summed E-state index contributed by atoms with van der Waals surface area (Å²) in [5.74, 6) is 0.468. The number of carbonyl (C=O) groups excluding carboxylic acids is 3. The van der Waals surface area contributed by atoms with Crippen molar-refractivity contribution in [1.82, 2.24) is 4.90 Å². The normalized spacial score (nSPS) is 11.0. The third kappa shape index (κ3) is 15.7. The van der Waals surface area contributed by atoms with Crippen molar-refractivity contribution in [3.05, 3.63) is 0 Å². The molecule has 0 rings (SSSR count). The van der Waals surface area contributed by atoms with Gasteiger partial charge in [0.1, 0.15) is 6.29 Å². The van der Waals surface area contributed by atoms with Crippen LogP contribution in [0.3, 0.4) is 0 Å². The molecule has 0 heterocycles. The second-order valence-corrected chi connectivity index (χ2v) is 6.74. The number of primary amides is 1. The Morgan fingerprint density at radius 3 is 2.28 bits per heavy atom. The van der Waals surface area contributed by atoms with E-state index >= 15 is 0 Å². The minimum atomic E-state index is -0.380. The van der Waals surface area contributed by atoms with E-state index in [1.54, 1.807) is 11.9 Å². The first kappa shape index (κ1) is 25.7. The number of amides is 2. The average molecular weight is 375 g/mol. The molecule has 0 aliphatic heterocycles. The van der Waals surface area contributed by atoms with Gasteiger partial charge in [-0.25, -0.2) is 0 Å². The summed E-state index contributed by atoms with van der Waals surface area (Å²) in [6.07, 6.45) is 4.93. The molecule has 0 saturated heterocycles. The van der Waals surface area contributed by atoms with E-state index < -0.39 is 0 Å². The van der Waals surface area contributed by atoms with Crippen LogP contribution in [0.5, 0.6) is 0 Å². The van der Waals surface area contributed by atoms with Crippen molar-refractivity contribution in [1.29, 1.82) is 5.41 Å². The predicted octanol–water partition coefficient (Wildman–Crippen LogP) is 1.92. The summed E-state index contributed by atoms with van der Waals surface area (Å²) in [5, 5.41) is 6.78. The van der Waals surface area contributed by atoms with Crippen molar-refractivity contribution in [3.8, 4) is 0 Å². The van der Waals surface area contributed by atoms with Crippen LogP contribution in [0.1, 0.15) is 58.8 Å². The van der Waals surface area contributed by atoms with Gasteiger partial charge >= 0.3 is 0 Å². The van der Waals surface area contributed by atoms with Gasteiger partial charge in [-0.15, -0.1) is 11.8 Å². The summed E-state index contributed by atoms with van der Waals surface area (Å²) in [6, 6.07) is 0. The zero-order valence-corrected chi connectivity index (χ0v) is 16.6. The molecule has 146 valence electrons. The summed E-state index contributed by atoms with van der Waals surface area (Å²) >= 11 is 1.44. The highest BCUT2D eigenvalue weighted by Gasteiger charge is 2.21. The van der Waals surface area contributed by atoms with Crippen molar-refractivity contribution in [2.75, 3.05) is 19.3 Å². The summed E-state index contributed by atoms with van der Waals surface area (Å²) in [7, 11) is 1.73. The van der Waals surface area contributed by atoms with E-state index in [1.807, 2.05) is 13.8 Å². The third-order valence-electron chi connectivity index (χ3n) is 3.29. The van der Waals surface area contributed by atoms with Crippen LogP contribution in [0.25, 0.3) is 0 Å². The van der Waals surface area contributed by atoms with Gasteiger partial charge in [0.25, 0.3) is 0 Å². The van der Waals surface area contributed by atoms with Crippen LogP contribution in [0.15, 0.2) is 0 Å². The van der Waals surface area contributed by atoms with Crippen LogP contribution < -0.4 is 11.5 Å². The van der Waals surface area contributed by atoms with Gasteiger partial charge in [0, 0.05) is 32.9 Å². The SMILES string of the molecule is CC.CN(CCCCCC(N)=O)C(=O)C(CC=O)SCCCC(=N)N. The highest BCUT2D eigenvalue weighted by atomic mass is 32.2. The van der Waals surface area contributed by atoms with E-state index in [0.717, 1.165) is 32.0 Å². The fourth-order valence-electron chi connectivity index (χ4n) is 2.00. The molecule has 0 spiro atoms. The first-order valence-corrected chi connectivity index (χ1v) is 9.84. The molecule has 1 unspecified atom stereocenters. The fraction of sp³-hybridized carbons (Fsp3) is 0.765. The minimum absolute atomic E-state index is 0.0557. The Kier molecular flexibility index (Phi) is 17.7. The molecule has 0 aromatic rings. The van der Waals surface area contributed by atoms with Gasteiger partial charge in [-0.05, 0) is 25.0 Å². The van der Waals surface area contributed by atoms with Crippen molar-refractivity contribution in [2.45, 2.75) is 64.0 Å². The molecule has 0 radical (unpaired) electrons. The number of carbonyl (C=O) groups is 3. The Labute approximate surface area is 155 Å². The van der Waals surface area contributed by atoms with Gasteiger partial charge in [0.05, 0.1) is 11.1 Å². The Morgan fingerprint density at radius 2 is 1.76 bits per heavy atom. The van der Waals surface area contributed by atoms with Crippen molar-refractivity contribution in [3.63, 3.8) is 0 Å². The van der Waals surface area contributed by atoms with E-state index in [2.05, 4.69) is 0 Å². The van der Waals surface area contributed by atoms with Gasteiger partial charge in [-0.1, -0.05) is 20.3 Å². The smallest absolute Gasteiger partial charge is 0.235 e. The van der Waals surface area contributed by atoms with Gasteiger partial charge in [0.2, 0.25) is 11.8 Å². The number of hydrogen-bond donors (Lipinski definition) is 3. The zero-order chi connectivity index (χ0) is 19.7. The number of rotatable bonds is 14. The van der Waals surface area contributed by atoms with E-state index in [0.29, 0.717) is 25.1 Å². The molecule has 8 heteroatoms. The molecule has 0 saturated carbocycles. The Hall–Kier alpha value is -1.57. The molecule has 7 nitrogen and oxygen atoms in total. The maximum Gasteiger partial charge on any atom is 0.235 e. The number of thioether (sulfide) groups is 1. The summed E-state index contributed by atoms with van der Waals surface area (Å²) in [5.41, 5.74) is 10.4. The second-order valence-electron chi connectivity index (χ2n) is 5.43. The van der Waals surface area contributed by atoms with Gasteiger partial charge in [-0.2, -0.15) is 0 Å². The van der Waals surface area contributed by atoms with Crippen LogP contribution in [-0.4, -0.2) is 53.4 Å². The fourth-order valence-corrected chi connectivity index (χ4v) is 3.13. The lowest BCUT2D eigenvalue weighted by Gasteiger charge is -2.22. The number of nitrogens with zero attached hydrogens (tertiary/aromatic N) is 1. The molecule has 2 amide bonds. The predicted molar refractivity (Wildman–Crippen MR) is 105 cm³/mol. The lowest BCUT2D eigenvalue weighted by Crippen LogP contribution is -2.36. The number of amidine groups is 1. The molecule has 1 atom stereocenters. The number of aldehydes is 1. The minimum Gasteiger partial charge on any atom is -0.388 e. The molecule has 0 fully saturated rings. The lowest BCUT2D eigenvalue weighted by atomic mass is 10.2. The molecule has 5 N–H and O–H groups in total. The number of nitrogens with one attached hydrogen (secondary N) is 1. The molecule has 0 bridgehead atoms. The van der Waals surface area contributed by atoms with E-state index in [9.17, 15) is 14.4 Å². The largest absolute Gasteiger partial charge is 0.388 e. The number of hydrogen-bond acceptors (Lipinski definition) is 5. The number of nitrogens with two attached hydrogens (primary N) is 2. The van der Waals surface area contributed by atoms with E-state index in [4.69, 9.17) is 16.9 Å². The summed E-state index contributed by atoms with van der Waals surface area (Å²) < 4.78 is 0. The van der Waals surface area contributed by atoms with Crippen LogP contribution in [0, 0.1) is 5.41 Å². The molecule has 0 aliphatic carbocycles. The Morgan fingerprint density at radius 1 is 1.12 bits per heavy atom. The van der Waals surface area contributed by atoms with Crippen LogP contribution in [0.2, 0.25) is 0 Å². The van der Waals surface area contributed by atoms with E-state index in [-0.39, 0.29) is 29.3 Å². The van der Waals surface area contributed by atoms with Gasteiger partial charge < -0.3 is 21.2 Å². The van der Waals surface area contributed by atoms with Gasteiger partial charge in [0.15, 0.2) is 0 Å². The van der Waals surface area contributed by atoms with Crippen molar-refractivity contribution in [2.24, 2.45) is 11.5 Å². The average Bonchev–Trinajstić information content (AvgIpc) is 2.57. The van der Waals surface area contributed by atoms with Crippen molar-refractivity contribution >= 4 is 35.7 Å². The zero-order valence-electron chi connectivity index (χ0n) is 15.8.